The third kappa shape index (κ3) is 1.08. The lowest BCUT2D eigenvalue weighted by atomic mass is 10.0. The molecule has 0 radical (unpaired) electrons. The van der Waals surface area contributed by atoms with Crippen LogP contribution in [0, 0.1) is 0 Å². The second-order valence-corrected chi connectivity index (χ2v) is 3.08. The fraction of sp³-hybridized carbons (Fsp3) is 0.875. The zero-order valence-corrected chi connectivity index (χ0v) is 6.47. The maximum Gasteiger partial charge on any atom is 0.228 e. The first kappa shape index (κ1) is 7.25. The van der Waals surface area contributed by atoms with E-state index in [1.165, 1.54) is 0 Å². The van der Waals surface area contributed by atoms with Gasteiger partial charge < -0.3 is 9.47 Å². The lowest BCUT2D eigenvalue weighted by Gasteiger charge is -2.30. The third-order valence-corrected chi connectivity index (χ3v) is 2.32. The predicted octanol–water partition coefficient (Wildman–Crippen LogP) is 0.873. The van der Waals surface area contributed by atoms with Gasteiger partial charge in [-0.15, -0.1) is 0 Å². The van der Waals surface area contributed by atoms with E-state index < -0.39 is 5.79 Å². The Morgan fingerprint density at radius 2 is 2.00 bits per heavy atom. The van der Waals surface area contributed by atoms with Crippen molar-refractivity contribution in [3.8, 4) is 0 Å². The Kier molecular flexibility index (Phi) is 1.69. The van der Waals surface area contributed by atoms with Gasteiger partial charge in [-0.3, -0.25) is 4.79 Å². The Bertz CT molecular complexity index is 170. The predicted molar refractivity (Wildman–Crippen MR) is 38.1 cm³/mol. The molecule has 1 spiro atoms. The molecule has 0 amide bonds. The summed E-state index contributed by atoms with van der Waals surface area (Å²) in [4.78, 5) is 11.3. The highest BCUT2D eigenvalue weighted by Gasteiger charge is 2.45. The molecule has 3 heteroatoms. The molecular formula is C8H12O3. The van der Waals surface area contributed by atoms with Crippen molar-refractivity contribution in [1.29, 1.82) is 0 Å². The van der Waals surface area contributed by atoms with Crippen LogP contribution in [0.3, 0.4) is 0 Å². The number of rotatable bonds is 0. The number of Topliss-reactive ketones (excluding diaryl/α,β-unsaturated/α-hetero) is 1. The van der Waals surface area contributed by atoms with E-state index in [0.717, 1.165) is 19.3 Å². The topological polar surface area (TPSA) is 35.5 Å². The van der Waals surface area contributed by atoms with Crippen molar-refractivity contribution in [3.63, 3.8) is 0 Å². The van der Waals surface area contributed by atoms with Crippen LogP contribution >= 0.6 is 0 Å². The number of carbonyl (C=O) groups is 1. The normalized spacial score (nSPS) is 38.4. The smallest absolute Gasteiger partial charge is 0.228 e. The minimum Gasteiger partial charge on any atom is -0.344 e. The molecule has 0 saturated carbocycles. The monoisotopic (exact) mass is 156 g/mol. The molecule has 0 bridgehead atoms. The van der Waals surface area contributed by atoms with Crippen molar-refractivity contribution in [2.45, 2.75) is 31.5 Å². The van der Waals surface area contributed by atoms with Gasteiger partial charge in [0.1, 0.15) is 0 Å². The van der Waals surface area contributed by atoms with Crippen LogP contribution in [0.15, 0.2) is 0 Å². The Morgan fingerprint density at radius 1 is 1.18 bits per heavy atom. The van der Waals surface area contributed by atoms with Crippen molar-refractivity contribution in [3.05, 3.63) is 0 Å². The summed E-state index contributed by atoms with van der Waals surface area (Å²) < 4.78 is 10.7. The van der Waals surface area contributed by atoms with Gasteiger partial charge >= 0.3 is 0 Å². The molecule has 0 aromatic rings. The van der Waals surface area contributed by atoms with Gasteiger partial charge in [-0.25, -0.2) is 0 Å². The number of ether oxygens (including phenoxy) is 2. The van der Waals surface area contributed by atoms with Crippen molar-refractivity contribution in [2.75, 3.05) is 13.2 Å². The van der Waals surface area contributed by atoms with Crippen LogP contribution in [0.1, 0.15) is 25.7 Å². The van der Waals surface area contributed by atoms with E-state index in [4.69, 9.17) is 9.47 Å². The average Bonchev–Trinajstić information content (AvgIpc) is 2.36. The SMILES string of the molecule is O=C1CCOC12CCCCO2. The van der Waals surface area contributed by atoms with Gasteiger partial charge in [0.15, 0.2) is 5.78 Å². The first-order valence-electron chi connectivity index (χ1n) is 4.15. The van der Waals surface area contributed by atoms with Gasteiger partial charge in [0.2, 0.25) is 5.79 Å². The van der Waals surface area contributed by atoms with Gasteiger partial charge in [0, 0.05) is 12.8 Å². The molecule has 2 saturated heterocycles. The molecular weight excluding hydrogens is 144 g/mol. The standard InChI is InChI=1S/C8H12O3/c9-7-3-6-11-8(7)4-1-2-5-10-8/h1-6H2. The molecule has 2 heterocycles. The molecule has 1 atom stereocenters. The first-order chi connectivity index (χ1) is 5.33. The summed E-state index contributed by atoms with van der Waals surface area (Å²) in [5.41, 5.74) is 0. The van der Waals surface area contributed by atoms with Gasteiger partial charge in [-0.2, -0.15) is 0 Å². The summed E-state index contributed by atoms with van der Waals surface area (Å²) in [6.45, 7) is 1.21. The fourth-order valence-corrected chi connectivity index (χ4v) is 1.68. The Hall–Kier alpha value is -0.410. The summed E-state index contributed by atoms with van der Waals surface area (Å²) in [6, 6.07) is 0. The van der Waals surface area contributed by atoms with E-state index in [0.29, 0.717) is 19.6 Å². The van der Waals surface area contributed by atoms with Gasteiger partial charge in [-0.1, -0.05) is 0 Å². The quantitative estimate of drug-likeness (QED) is 0.522. The van der Waals surface area contributed by atoms with E-state index in [2.05, 4.69) is 0 Å². The maximum atomic E-state index is 11.3. The van der Waals surface area contributed by atoms with E-state index in [9.17, 15) is 4.79 Å². The van der Waals surface area contributed by atoms with Crippen molar-refractivity contribution in [1.82, 2.24) is 0 Å². The van der Waals surface area contributed by atoms with Crippen LogP contribution in [0.25, 0.3) is 0 Å². The first-order valence-corrected chi connectivity index (χ1v) is 4.15. The third-order valence-electron chi connectivity index (χ3n) is 2.32. The van der Waals surface area contributed by atoms with Crippen LogP contribution < -0.4 is 0 Å². The number of hydrogen-bond acceptors (Lipinski definition) is 3. The summed E-state index contributed by atoms with van der Waals surface area (Å²) in [7, 11) is 0. The van der Waals surface area contributed by atoms with Gasteiger partial charge in [-0.05, 0) is 12.8 Å². The number of carbonyl (C=O) groups excluding carboxylic acids is 1. The second-order valence-electron chi connectivity index (χ2n) is 3.08. The molecule has 2 fully saturated rings. The van der Waals surface area contributed by atoms with Crippen molar-refractivity contribution >= 4 is 5.78 Å². The van der Waals surface area contributed by atoms with Crippen LogP contribution in [0.5, 0.6) is 0 Å². The summed E-state index contributed by atoms with van der Waals surface area (Å²) in [5, 5.41) is 0. The Balaban J connectivity index is 2.12. The average molecular weight is 156 g/mol. The van der Waals surface area contributed by atoms with E-state index in [1.54, 1.807) is 0 Å². The lowest BCUT2D eigenvalue weighted by molar-refractivity contribution is -0.222. The molecule has 2 rings (SSSR count). The Morgan fingerprint density at radius 3 is 2.55 bits per heavy atom. The summed E-state index contributed by atoms with van der Waals surface area (Å²) in [5.74, 6) is -0.671. The van der Waals surface area contributed by atoms with Crippen LogP contribution in [-0.2, 0) is 14.3 Å². The van der Waals surface area contributed by atoms with E-state index >= 15 is 0 Å². The molecule has 1 unspecified atom stereocenters. The molecule has 2 aliphatic heterocycles. The minimum atomic E-state index is -0.807. The maximum absolute atomic E-state index is 11.3. The van der Waals surface area contributed by atoms with Gasteiger partial charge in [0.25, 0.3) is 0 Å². The van der Waals surface area contributed by atoms with Gasteiger partial charge in [0.05, 0.1) is 13.2 Å². The highest BCUT2D eigenvalue weighted by molar-refractivity contribution is 5.87. The highest BCUT2D eigenvalue weighted by Crippen LogP contribution is 2.32. The summed E-state index contributed by atoms with van der Waals surface area (Å²) >= 11 is 0. The largest absolute Gasteiger partial charge is 0.344 e. The Labute approximate surface area is 65.7 Å². The van der Waals surface area contributed by atoms with E-state index in [-0.39, 0.29) is 5.78 Å². The van der Waals surface area contributed by atoms with E-state index in [1.807, 2.05) is 0 Å². The second kappa shape index (κ2) is 2.57. The fourth-order valence-electron chi connectivity index (χ4n) is 1.68. The molecule has 0 N–H and O–H groups in total. The molecule has 0 aliphatic carbocycles. The summed E-state index contributed by atoms with van der Waals surface area (Å²) in [6.07, 6.45) is 3.38. The van der Waals surface area contributed by atoms with Crippen LogP contribution in [0.2, 0.25) is 0 Å². The van der Waals surface area contributed by atoms with Crippen LogP contribution in [0.4, 0.5) is 0 Å². The van der Waals surface area contributed by atoms with Crippen LogP contribution in [-0.4, -0.2) is 24.8 Å². The molecule has 0 aromatic carbocycles. The molecule has 0 aromatic heterocycles. The van der Waals surface area contributed by atoms with Crippen molar-refractivity contribution < 1.29 is 14.3 Å². The highest BCUT2D eigenvalue weighted by atomic mass is 16.7. The zero-order valence-electron chi connectivity index (χ0n) is 6.47. The minimum absolute atomic E-state index is 0.136. The van der Waals surface area contributed by atoms with Crippen molar-refractivity contribution in [2.24, 2.45) is 0 Å². The number of hydrogen-bond donors (Lipinski definition) is 0. The molecule has 62 valence electrons. The molecule has 11 heavy (non-hydrogen) atoms. The molecule has 2 aliphatic rings. The number of ketones is 1. The lowest BCUT2D eigenvalue weighted by Crippen LogP contribution is -2.41. The zero-order chi connectivity index (χ0) is 7.73. The molecule has 3 nitrogen and oxygen atoms in total.